The summed E-state index contributed by atoms with van der Waals surface area (Å²) in [6, 6.07) is 5.10. The minimum atomic E-state index is -3.51. The topological polar surface area (TPSA) is 63.4 Å². The molecule has 2 aliphatic rings. The van der Waals surface area contributed by atoms with Crippen molar-refractivity contribution in [2.75, 3.05) is 13.1 Å². The number of benzene rings is 1. The van der Waals surface area contributed by atoms with Crippen LogP contribution in [0, 0.1) is 17.7 Å². The van der Waals surface area contributed by atoms with Crippen molar-refractivity contribution in [3.05, 3.63) is 30.1 Å². The summed E-state index contributed by atoms with van der Waals surface area (Å²) in [5.74, 6) is 0.222. The summed E-state index contributed by atoms with van der Waals surface area (Å²) < 4.78 is 39.3. The van der Waals surface area contributed by atoms with Crippen molar-refractivity contribution < 1.29 is 12.8 Å². The Bertz CT molecular complexity index is 579. The molecule has 7 heteroatoms. The van der Waals surface area contributed by atoms with E-state index in [1.807, 2.05) is 0 Å². The predicted octanol–water partition coefficient (Wildman–Crippen LogP) is 1.61. The van der Waals surface area contributed by atoms with Crippen LogP contribution in [0.15, 0.2) is 29.2 Å². The Labute approximate surface area is 124 Å². The van der Waals surface area contributed by atoms with Crippen LogP contribution in [0.2, 0.25) is 0 Å². The molecular weight excluding hydrogens is 303 g/mol. The van der Waals surface area contributed by atoms with E-state index in [-0.39, 0.29) is 29.3 Å². The minimum Gasteiger partial charge on any atom is -0.327 e. The maximum absolute atomic E-state index is 12.9. The lowest BCUT2D eigenvalue weighted by atomic mass is 9.98. The molecule has 3 rings (SSSR count). The molecule has 0 bridgehead atoms. The Hall–Kier alpha value is -0.690. The van der Waals surface area contributed by atoms with Crippen LogP contribution in [0.25, 0.3) is 0 Å². The number of hydrogen-bond donors (Lipinski definition) is 1. The van der Waals surface area contributed by atoms with E-state index in [0.29, 0.717) is 19.0 Å². The molecule has 20 heavy (non-hydrogen) atoms. The fourth-order valence-corrected chi connectivity index (χ4v) is 4.75. The summed E-state index contributed by atoms with van der Waals surface area (Å²) in [6.07, 6.45) is 1.99. The molecule has 112 valence electrons. The van der Waals surface area contributed by atoms with Gasteiger partial charge in [-0.3, -0.25) is 0 Å². The first-order valence-corrected chi connectivity index (χ1v) is 7.94. The Balaban J connectivity index is 0.00000147. The molecule has 1 aromatic rings. The number of hydrogen-bond acceptors (Lipinski definition) is 3. The van der Waals surface area contributed by atoms with Gasteiger partial charge in [0.05, 0.1) is 4.90 Å². The van der Waals surface area contributed by atoms with Crippen LogP contribution in [0.3, 0.4) is 0 Å². The maximum Gasteiger partial charge on any atom is 0.243 e. The van der Waals surface area contributed by atoms with Crippen LogP contribution < -0.4 is 5.73 Å². The minimum absolute atomic E-state index is 0. The van der Waals surface area contributed by atoms with Crippen molar-refractivity contribution in [3.63, 3.8) is 0 Å². The van der Waals surface area contributed by atoms with Crippen LogP contribution in [0.4, 0.5) is 4.39 Å². The zero-order valence-corrected chi connectivity index (χ0v) is 12.5. The average Bonchev–Trinajstić information content (AvgIpc) is 2.93. The summed E-state index contributed by atoms with van der Waals surface area (Å²) in [5, 5.41) is 0. The number of fused-ring (bicyclic) bond motifs is 1. The van der Waals surface area contributed by atoms with Gasteiger partial charge in [0, 0.05) is 19.1 Å². The molecule has 0 amide bonds. The number of nitrogens with zero attached hydrogens (tertiary/aromatic N) is 1. The van der Waals surface area contributed by atoms with Crippen molar-refractivity contribution in [2.24, 2.45) is 17.6 Å². The van der Waals surface area contributed by atoms with E-state index >= 15 is 0 Å². The van der Waals surface area contributed by atoms with E-state index in [9.17, 15) is 12.8 Å². The smallest absolute Gasteiger partial charge is 0.243 e. The summed E-state index contributed by atoms with van der Waals surface area (Å²) in [5.41, 5.74) is 6.01. The van der Waals surface area contributed by atoms with E-state index in [1.54, 1.807) is 0 Å². The van der Waals surface area contributed by atoms with Gasteiger partial charge < -0.3 is 5.73 Å². The molecule has 3 atom stereocenters. The number of rotatable bonds is 2. The fourth-order valence-electron chi connectivity index (χ4n) is 3.22. The maximum atomic E-state index is 12.9. The lowest BCUT2D eigenvalue weighted by Crippen LogP contribution is -2.33. The zero-order chi connectivity index (χ0) is 13.6. The third-order valence-corrected chi connectivity index (χ3v) is 6.18. The van der Waals surface area contributed by atoms with E-state index in [0.717, 1.165) is 12.8 Å². The Kier molecular flexibility index (Phi) is 4.39. The molecule has 1 heterocycles. The molecule has 3 unspecified atom stereocenters. The molecule has 2 N–H and O–H groups in total. The van der Waals surface area contributed by atoms with Gasteiger partial charge in [0.1, 0.15) is 5.82 Å². The average molecular weight is 321 g/mol. The summed E-state index contributed by atoms with van der Waals surface area (Å²) in [6.45, 7) is 1.03. The second kappa shape index (κ2) is 5.60. The first kappa shape index (κ1) is 15.7. The van der Waals surface area contributed by atoms with Gasteiger partial charge in [-0.05, 0) is 48.9 Å². The van der Waals surface area contributed by atoms with E-state index in [4.69, 9.17) is 5.73 Å². The quantitative estimate of drug-likeness (QED) is 0.900. The van der Waals surface area contributed by atoms with Crippen LogP contribution in [-0.4, -0.2) is 31.9 Å². The second-order valence-electron chi connectivity index (χ2n) is 5.44. The first-order valence-electron chi connectivity index (χ1n) is 6.50. The third-order valence-electron chi connectivity index (χ3n) is 4.33. The lowest BCUT2D eigenvalue weighted by Gasteiger charge is -2.18. The molecule has 1 aliphatic carbocycles. The van der Waals surface area contributed by atoms with Gasteiger partial charge in [-0.1, -0.05) is 0 Å². The molecule has 1 aliphatic heterocycles. The van der Waals surface area contributed by atoms with E-state index in [1.165, 1.54) is 28.6 Å². The molecular formula is C13H18ClFN2O2S. The lowest BCUT2D eigenvalue weighted by molar-refractivity contribution is 0.427. The van der Waals surface area contributed by atoms with Gasteiger partial charge in [0.25, 0.3) is 0 Å². The Morgan fingerprint density at radius 1 is 1.15 bits per heavy atom. The van der Waals surface area contributed by atoms with Gasteiger partial charge in [0.15, 0.2) is 0 Å². The van der Waals surface area contributed by atoms with Gasteiger partial charge in [-0.25, -0.2) is 12.8 Å². The van der Waals surface area contributed by atoms with Crippen LogP contribution in [0.5, 0.6) is 0 Å². The van der Waals surface area contributed by atoms with Crippen LogP contribution >= 0.6 is 12.4 Å². The standard InChI is InChI=1S/C13H17FN2O2S.ClH/c14-10-2-4-11(5-3-10)19(17,18)16-7-9-1-6-13(15)12(9)8-16;/h2-5,9,12-13H,1,6-8,15H2;1H. The van der Waals surface area contributed by atoms with Gasteiger partial charge in [-0.15, -0.1) is 12.4 Å². The summed E-state index contributed by atoms with van der Waals surface area (Å²) >= 11 is 0. The second-order valence-corrected chi connectivity index (χ2v) is 7.38. The van der Waals surface area contributed by atoms with Gasteiger partial charge >= 0.3 is 0 Å². The fraction of sp³-hybridized carbons (Fsp3) is 0.538. The monoisotopic (exact) mass is 320 g/mol. The van der Waals surface area contributed by atoms with E-state index < -0.39 is 15.8 Å². The number of nitrogens with two attached hydrogens (primary N) is 1. The molecule has 4 nitrogen and oxygen atoms in total. The Morgan fingerprint density at radius 2 is 1.80 bits per heavy atom. The SMILES string of the molecule is Cl.NC1CCC2CN(S(=O)(=O)c3ccc(F)cc3)CC12. The molecule has 2 fully saturated rings. The Morgan fingerprint density at radius 3 is 2.40 bits per heavy atom. The molecule has 0 aromatic heterocycles. The van der Waals surface area contributed by atoms with Crippen molar-refractivity contribution in [2.45, 2.75) is 23.8 Å². The highest BCUT2D eigenvalue weighted by Crippen LogP contribution is 2.39. The van der Waals surface area contributed by atoms with Gasteiger partial charge in [-0.2, -0.15) is 4.31 Å². The third kappa shape index (κ3) is 2.57. The highest BCUT2D eigenvalue weighted by Gasteiger charge is 2.44. The van der Waals surface area contributed by atoms with Crippen LogP contribution in [-0.2, 0) is 10.0 Å². The number of sulfonamides is 1. The first-order chi connectivity index (χ1) is 8.98. The summed E-state index contributed by atoms with van der Waals surface area (Å²) in [7, 11) is -3.51. The largest absolute Gasteiger partial charge is 0.327 e. The zero-order valence-electron chi connectivity index (χ0n) is 10.9. The molecule has 0 spiro atoms. The van der Waals surface area contributed by atoms with Gasteiger partial charge in [0.2, 0.25) is 10.0 Å². The van der Waals surface area contributed by atoms with Crippen molar-refractivity contribution in [1.29, 1.82) is 0 Å². The van der Waals surface area contributed by atoms with E-state index in [2.05, 4.69) is 0 Å². The van der Waals surface area contributed by atoms with Crippen molar-refractivity contribution in [1.82, 2.24) is 4.31 Å². The molecule has 0 radical (unpaired) electrons. The normalized spacial score (nSPS) is 30.0. The van der Waals surface area contributed by atoms with Crippen molar-refractivity contribution in [3.8, 4) is 0 Å². The highest BCUT2D eigenvalue weighted by atomic mass is 35.5. The molecule has 1 saturated carbocycles. The summed E-state index contributed by atoms with van der Waals surface area (Å²) in [4.78, 5) is 0.155. The van der Waals surface area contributed by atoms with Crippen molar-refractivity contribution >= 4 is 22.4 Å². The molecule has 1 aromatic carbocycles. The molecule has 1 saturated heterocycles. The number of halogens is 2. The van der Waals surface area contributed by atoms with Crippen LogP contribution in [0.1, 0.15) is 12.8 Å². The predicted molar refractivity (Wildman–Crippen MR) is 76.6 cm³/mol. The highest BCUT2D eigenvalue weighted by molar-refractivity contribution is 7.89.